The average molecular weight is 369 g/mol. The van der Waals surface area contributed by atoms with Crippen LogP contribution in [-0.4, -0.2) is 43.7 Å². The van der Waals surface area contributed by atoms with Crippen molar-refractivity contribution in [2.45, 2.75) is 32.7 Å². The molecule has 1 heterocycles. The van der Waals surface area contributed by atoms with Gasteiger partial charge in [0.25, 0.3) is 5.91 Å². The first-order valence-electron chi connectivity index (χ1n) is 8.52. The van der Waals surface area contributed by atoms with E-state index in [-0.39, 0.29) is 31.0 Å². The number of ether oxygens (including phenoxy) is 2. The number of halogens is 1. The maximum Gasteiger partial charge on any atom is 0.260 e. The Morgan fingerprint density at radius 1 is 1.40 bits per heavy atom. The molecule has 2 unspecified atom stereocenters. The molecule has 1 amide bonds. The minimum Gasteiger partial charge on any atom is -0.493 e. The molecule has 1 saturated heterocycles. The fourth-order valence-electron chi connectivity index (χ4n) is 3.13. The van der Waals surface area contributed by atoms with Crippen molar-refractivity contribution in [1.29, 1.82) is 0 Å². The van der Waals surface area contributed by atoms with Crippen molar-refractivity contribution in [2.24, 2.45) is 11.7 Å². The lowest BCUT2D eigenvalue weighted by molar-refractivity contribution is -0.137. The number of likely N-dealkylation sites (tertiary alicyclic amines) is 1. The minimum atomic E-state index is -0.0167. The van der Waals surface area contributed by atoms with Crippen molar-refractivity contribution in [3.8, 4) is 11.5 Å². The van der Waals surface area contributed by atoms with E-state index in [9.17, 15) is 4.79 Å². The third-order valence-corrected chi connectivity index (χ3v) is 4.47. The molecule has 0 bridgehead atoms. The van der Waals surface area contributed by atoms with Crippen LogP contribution in [0.3, 0.4) is 0 Å². The number of piperidine rings is 1. The minimum absolute atomic E-state index is 0. The Morgan fingerprint density at radius 2 is 2.16 bits per heavy atom. The van der Waals surface area contributed by atoms with Crippen LogP contribution in [0, 0.1) is 5.92 Å². The van der Waals surface area contributed by atoms with Gasteiger partial charge in [0, 0.05) is 19.1 Å². The lowest BCUT2D eigenvalue weighted by Gasteiger charge is -2.37. The van der Waals surface area contributed by atoms with Crippen LogP contribution in [0.25, 0.3) is 6.08 Å². The molecular weight excluding hydrogens is 340 g/mol. The predicted molar refractivity (Wildman–Crippen MR) is 103 cm³/mol. The number of carbonyl (C=O) groups is 1. The number of amides is 1. The highest BCUT2D eigenvalue weighted by atomic mass is 35.5. The van der Waals surface area contributed by atoms with E-state index in [0.717, 1.165) is 24.9 Å². The van der Waals surface area contributed by atoms with Gasteiger partial charge in [-0.3, -0.25) is 4.79 Å². The van der Waals surface area contributed by atoms with E-state index in [1.807, 2.05) is 42.2 Å². The van der Waals surface area contributed by atoms with Crippen LogP contribution in [-0.2, 0) is 4.79 Å². The average Bonchev–Trinajstić information content (AvgIpc) is 2.60. The highest BCUT2D eigenvalue weighted by Crippen LogP contribution is 2.29. The summed E-state index contributed by atoms with van der Waals surface area (Å²) in [5, 5.41) is 0. The summed E-state index contributed by atoms with van der Waals surface area (Å²) >= 11 is 0. The van der Waals surface area contributed by atoms with Gasteiger partial charge in [-0.15, -0.1) is 12.4 Å². The van der Waals surface area contributed by atoms with Crippen LogP contribution in [0.15, 0.2) is 24.3 Å². The lowest BCUT2D eigenvalue weighted by Crippen LogP contribution is -2.50. The highest BCUT2D eigenvalue weighted by molar-refractivity contribution is 5.85. The summed E-state index contributed by atoms with van der Waals surface area (Å²) in [4.78, 5) is 14.4. The molecule has 0 spiro atoms. The fourth-order valence-corrected chi connectivity index (χ4v) is 3.13. The quantitative estimate of drug-likeness (QED) is 0.837. The molecule has 1 aliphatic rings. The van der Waals surface area contributed by atoms with E-state index in [1.165, 1.54) is 0 Å². The summed E-state index contributed by atoms with van der Waals surface area (Å²) in [5.74, 6) is 1.80. The van der Waals surface area contributed by atoms with Gasteiger partial charge in [-0.25, -0.2) is 0 Å². The highest BCUT2D eigenvalue weighted by Gasteiger charge is 2.29. The Kier molecular flexibility index (Phi) is 8.79. The summed E-state index contributed by atoms with van der Waals surface area (Å²) in [5.41, 5.74) is 6.86. The fraction of sp³-hybridized carbons (Fsp3) is 0.526. The van der Waals surface area contributed by atoms with E-state index in [4.69, 9.17) is 15.2 Å². The molecule has 140 valence electrons. The summed E-state index contributed by atoms with van der Waals surface area (Å²) in [6.07, 6.45) is 5.93. The molecule has 2 rings (SSSR count). The summed E-state index contributed by atoms with van der Waals surface area (Å²) < 4.78 is 11.1. The third-order valence-electron chi connectivity index (χ3n) is 4.47. The Labute approximate surface area is 156 Å². The molecule has 5 nitrogen and oxygen atoms in total. The molecule has 0 aliphatic carbocycles. The van der Waals surface area contributed by atoms with Crippen molar-refractivity contribution < 1.29 is 14.3 Å². The van der Waals surface area contributed by atoms with Crippen molar-refractivity contribution in [3.63, 3.8) is 0 Å². The van der Waals surface area contributed by atoms with Gasteiger partial charge in [-0.1, -0.05) is 25.1 Å². The predicted octanol–water partition coefficient (Wildman–Crippen LogP) is 3.11. The second-order valence-electron chi connectivity index (χ2n) is 6.31. The van der Waals surface area contributed by atoms with Crippen LogP contribution >= 0.6 is 12.4 Å². The van der Waals surface area contributed by atoms with E-state index >= 15 is 0 Å². The zero-order valence-corrected chi connectivity index (χ0v) is 16.1. The van der Waals surface area contributed by atoms with Crippen molar-refractivity contribution in [3.05, 3.63) is 29.8 Å². The van der Waals surface area contributed by atoms with E-state index in [0.29, 0.717) is 24.0 Å². The van der Waals surface area contributed by atoms with Gasteiger partial charge >= 0.3 is 0 Å². The topological polar surface area (TPSA) is 64.8 Å². The lowest BCUT2D eigenvalue weighted by atomic mass is 9.92. The number of hydrogen-bond acceptors (Lipinski definition) is 4. The summed E-state index contributed by atoms with van der Waals surface area (Å²) in [6.45, 7) is 5.42. The number of nitrogens with zero attached hydrogens (tertiary/aromatic N) is 1. The van der Waals surface area contributed by atoms with Crippen LogP contribution in [0.2, 0.25) is 0 Å². The van der Waals surface area contributed by atoms with Gasteiger partial charge in [0.15, 0.2) is 18.1 Å². The SMILES string of the molecule is C/C=C/c1ccc(OCC(=O)N2CCC(C)CC2CN)c(OC)c1.Cl. The Morgan fingerprint density at radius 3 is 2.80 bits per heavy atom. The maximum atomic E-state index is 12.5. The Balaban J connectivity index is 0.00000312. The first-order valence-corrected chi connectivity index (χ1v) is 8.52. The number of nitrogens with two attached hydrogens (primary N) is 1. The Hall–Kier alpha value is -1.72. The van der Waals surface area contributed by atoms with Crippen molar-refractivity contribution >= 4 is 24.4 Å². The van der Waals surface area contributed by atoms with E-state index in [2.05, 4.69) is 6.92 Å². The second-order valence-corrected chi connectivity index (χ2v) is 6.31. The molecule has 0 radical (unpaired) electrons. The molecule has 1 fully saturated rings. The molecule has 1 aromatic rings. The normalized spacial score (nSPS) is 20.2. The number of methoxy groups -OCH3 is 1. The smallest absolute Gasteiger partial charge is 0.260 e. The van der Waals surface area contributed by atoms with Gasteiger partial charge in [-0.2, -0.15) is 0 Å². The number of allylic oxidation sites excluding steroid dienone is 1. The molecular formula is C19H29ClN2O3. The number of hydrogen-bond donors (Lipinski definition) is 1. The summed E-state index contributed by atoms with van der Waals surface area (Å²) in [6, 6.07) is 5.78. The first-order chi connectivity index (χ1) is 11.6. The van der Waals surface area contributed by atoms with Gasteiger partial charge in [0.2, 0.25) is 0 Å². The molecule has 2 N–H and O–H groups in total. The second kappa shape index (κ2) is 10.3. The molecule has 25 heavy (non-hydrogen) atoms. The van der Waals surface area contributed by atoms with Crippen LogP contribution in [0.1, 0.15) is 32.3 Å². The number of rotatable bonds is 6. The van der Waals surface area contributed by atoms with Gasteiger partial charge < -0.3 is 20.1 Å². The number of carbonyl (C=O) groups excluding carboxylic acids is 1. The molecule has 6 heteroatoms. The van der Waals surface area contributed by atoms with E-state index < -0.39 is 0 Å². The molecule has 0 aromatic heterocycles. The standard InChI is InChI=1S/C19H28N2O3.ClH/c1-4-5-15-6-7-17(18(11-15)23-3)24-13-19(22)21-9-8-14(2)10-16(21)12-20;/h4-7,11,14,16H,8-10,12-13,20H2,1-3H3;1H/b5-4+;. The zero-order valence-electron chi connectivity index (χ0n) is 15.2. The Bertz CT molecular complexity index is 592. The number of benzene rings is 1. The monoisotopic (exact) mass is 368 g/mol. The maximum absolute atomic E-state index is 12.5. The molecule has 2 atom stereocenters. The van der Waals surface area contributed by atoms with Crippen molar-refractivity contribution in [1.82, 2.24) is 4.90 Å². The first kappa shape index (κ1) is 21.3. The van der Waals surface area contributed by atoms with Crippen molar-refractivity contribution in [2.75, 3.05) is 26.8 Å². The van der Waals surface area contributed by atoms with Gasteiger partial charge in [0.05, 0.1) is 7.11 Å². The molecule has 1 aliphatic heterocycles. The van der Waals surface area contributed by atoms with Gasteiger partial charge in [-0.05, 0) is 43.4 Å². The molecule has 0 saturated carbocycles. The van der Waals surface area contributed by atoms with Gasteiger partial charge in [0.1, 0.15) is 0 Å². The van der Waals surface area contributed by atoms with E-state index in [1.54, 1.807) is 7.11 Å². The van der Waals surface area contributed by atoms with Crippen LogP contribution < -0.4 is 15.2 Å². The largest absolute Gasteiger partial charge is 0.493 e. The van der Waals surface area contributed by atoms with Crippen LogP contribution in [0.4, 0.5) is 0 Å². The van der Waals surface area contributed by atoms with Crippen LogP contribution in [0.5, 0.6) is 11.5 Å². The zero-order chi connectivity index (χ0) is 17.5. The third kappa shape index (κ3) is 5.65. The molecule has 1 aromatic carbocycles. The summed E-state index contributed by atoms with van der Waals surface area (Å²) in [7, 11) is 1.60.